The van der Waals surface area contributed by atoms with Gasteiger partial charge >= 0.3 is 29.3 Å². The fraction of sp³-hybridized carbons (Fsp3) is 0.667. The Morgan fingerprint density at radius 2 is 1.00 bits per heavy atom. The summed E-state index contributed by atoms with van der Waals surface area (Å²) >= 11 is 0. The first-order valence-corrected chi connectivity index (χ1v) is 3.81. The zero-order chi connectivity index (χ0) is 12.2. The van der Waals surface area contributed by atoms with E-state index in [4.69, 9.17) is 17.5 Å². The van der Waals surface area contributed by atoms with Crippen molar-refractivity contribution in [3.05, 3.63) is 6.42 Å². The molecule has 12 heteroatoms. The van der Waals surface area contributed by atoms with Crippen molar-refractivity contribution >= 4 is 10.4 Å². The molecule has 0 spiro atoms. The Labute approximate surface area is 92.4 Å². The third-order valence-corrected chi connectivity index (χ3v) is 0.327. The Bertz CT molecular complexity index is 235. The molecular formula is C3H3F6LiO4S. The van der Waals surface area contributed by atoms with E-state index in [0.29, 0.717) is 0 Å². The summed E-state index contributed by atoms with van der Waals surface area (Å²) in [7, 11) is -4.67. The average molecular weight is 256 g/mol. The van der Waals surface area contributed by atoms with Crippen LogP contribution in [0.4, 0.5) is 26.3 Å². The van der Waals surface area contributed by atoms with Crippen molar-refractivity contribution in [1.82, 2.24) is 0 Å². The van der Waals surface area contributed by atoms with Crippen molar-refractivity contribution < 1.29 is 62.7 Å². The van der Waals surface area contributed by atoms with Gasteiger partial charge in [-0.1, -0.05) is 0 Å². The molecule has 0 fully saturated rings. The van der Waals surface area contributed by atoms with Crippen molar-refractivity contribution in [3.8, 4) is 0 Å². The molecule has 0 heterocycles. The molecule has 0 rings (SSSR count). The van der Waals surface area contributed by atoms with Crippen LogP contribution in [0.5, 0.6) is 0 Å². The molecule has 2 N–H and O–H groups in total. The maximum Gasteiger partial charge on any atom is 1.00 e. The van der Waals surface area contributed by atoms with E-state index in [0.717, 1.165) is 0 Å². The SMILES string of the molecule is FC(F)(F)[CH-]C(F)(F)F.O=S(=O)(O)O.[Li+]. The molecule has 0 radical (unpaired) electrons. The zero-order valence-electron chi connectivity index (χ0n) is 6.96. The fourth-order valence-electron chi connectivity index (χ4n) is 0.186. The topological polar surface area (TPSA) is 74.6 Å². The molecule has 0 aromatic rings. The van der Waals surface area contributed by atoms with Gasteiger partial charge < -0.3 is 0 Å². The van der Waals surface area contributed by atoms with Crippen LogP contribution in [0.15, 0.2) is 0 Å². The van der Waals surface area contributed by atoms with Crippen LogP contribution in [0.3, 0.4) is 0 Å². The maximum absolute atomic E-state index is 10.8. The van der Waals surface area contributed by atoms with Gasteiger partial charge in [-0.15, -0.1) is 6.42 Å². The summed E-state index contributed by atoms with van der Waals surface area (Å²) in [6, 6.07) is 0. The molecule has 0 aliphatic carbocycles. The van der Waals surface area contributed by atoms with Gasteiger partial charge in [0.2, 0.25) is 0 Å². The summed E-state index contributed by atoms with van der Waals surface area (Å²) in [6.07, 6.45) is -12.2. The molecule has 0 aliphatic heterocycles. The summed E-state index contributed by atoms with van der Waals surface area (Å²) in [4.78, 5) is 0. The van der Waals surface area contributed by atoms with Crippen molar-refractivity contribution in [1.29, 1.82) is 0 Å². The van der Waals surface area contributed by atoms with E-state index < -0.39 is 29.2 Å². The molecule has 0 aliphatic rings. The molecule has 0 saturated carbocycles. The van der Waals surface area contributed by atoms with Crippen LogP contribution in [0.25, 0.3) is 0 Å². The van der Waals surface area contributed by atoms with Gasteiger partial charge in [-0.2, -0.15) is 8.42 Å². The normalized spacial score (nSPS) is 12.3. The van der Waals surface area contributed by atoms with E-state index in [9.17, 15) is 26.3 Å². The second kappa shape index (κ2) is 6.59. The zero-order valence-corrected chi connectivity index (χ0v) is 7.78. The molecule has 0 atom stereocenters. The van der Waals surface area contributed by atoms with E-state index in [1.165, 1.54) is 0 Å². The second-order valence-electron chi connectivity index (χ2n) is 1.68. The third kappa shape index (κ3) is 55.8. The van der Waals surface area contributed by atoms with E-state index in [1.807, 2.05) is 0 Å². The van der Waals surface area contributed by atoms with E-state index >= 15 is 0 Å². The van der Waals surface area contributed by atoms with Crippen LogP contribution >= 0.6 is 0 Å². The van der Waals surface area contributed by atoms with Crippen molar-refractivity contribution in [2.24, 2.45) is 0 Å². The predicted molar refractivity (Wildman–Crippen MR) is 30.6 cm³/mol. The summed E-state index contributed by atoms with van der Waals surface area (Å²) in [5.74, 6) is 0. The van der Waals surface area contributed by atoms with E-state index in [-0.39, 0.29) is 18.9 Å². The van der Waals surface area contributed by atoms with Crippen LogP contribution in [0, 0.1) is 6.42 Å². The van der Waals surface area contributed by atoms with Crippen molar-refractivity contribution in [3.63, 3.8) is 0 Å². The summed E-state index contributed by atoms with van der Waals surface area (Å²) in [5.41, 5.74) is 0. The Balaban J connectivity index is -0.000000208. The van der Waals surface area contributed by atoms with Gasteiger partial charge in [0.25, 0.3) is 12.4 Å². The molecular weight excluding hydrogens is 253 g/mol. The van der Waals surface area contributed by atoms with E-state index in [2.05, 4.69) is 0 Å². The Kier molecular flexibility index (Phi) is 8.99. The molecule has 0 unspecified atom stereocenters. The molecule has 0 aromatic carbocycles. The Morgan fingerprint density at radius 3 is 1.00 bits per heavy atom. The Hall–Kier alpha value is 0.0474. The van der Waals surface area contributed by atoms with Crippen LogP contribution in [-0.4, -0.2) is 29.9 Å². The van der Waals surface area contributed by atoms with Crippen LogP contribution in [0.1, 0.15) is 0 Å². The first-order chi connectivity index (χ1) is 5.71. The minimum absolute atomic E-state index is 0. The van der Waals surface area contributed by atoms with Gasteiger partial charge in [-0.25, -0.2) is 26.3 Å². The molecule has 0 amide bonds. The molecule has 0 bridgehead atoms. The van der Waals surface area contributed by atoms with Gasteiger partial charge in [0.05, 0.1) is 0 Å². The van der Waals surface area contributed by atoms with Crippen LogP contribution in [0.2, 0.25) is 0 Å². The average Bonchev–Trinajstić information content (AvgIpc) is 1.42. The Morgan fingerprint density at radius 1 is 0.867 bits per heavy atom. The third-order valence-electron chi connectivity index (χ3n) is 0.327. The van der Waals surface area contributed by atoms with Gasteiger partial charge in [0.15, 0.2) is 0 Å². The summed E-state index contributed by atoms with van der Waals surface area (Å²) < 4.78 is 96.2. The monoisotopic (exact) mass is 256 g/mol. The smallest absolute Gasteiger partial charge is 0.264 e. The standard InChI is InChI=1S/C3HF6.Li.H2O4S/c4-2(5,6)1-3(7,8)9;;1-5(2,3)4/h1H;;(H2,1,2,3,4)/q-1;+1;. The number of alkyl halides is 6. The molecule has 88 valence electrons. The fourth-order valence-corrected chi connectivity index (χ4v) is 0.186. The summed E-state index contributed by atoms with van der Waals surface area (Å²) in [6.45, 7) is 0. The number of halogens is 6. The van der Waals surface area contributed by atoms with Crippen LogP contribution in [-0.2, 0) is 10.4 Å². The van der Waals surface area contributed by atoms with Crippen molar-refractivity contribution in [2.45, 2.75) is 12.4 Å². The quantitative estimate of drug-likeness (QED) is 0.243. The van der Waals surface area contributed by atoms with Crippen LogP contribution < -0.4 is 18.9 Å². The molecule has 4 nitrogen and oxygen atoms in total. The van der Waals surface area contributed by atoms with Gasteiger partial charge in [-0.05, 0) is 0 Å². The van der Waals surface area contributed by atoms with Gasteiger partial charge in [0, 0.05) is 0 Å². The minimum atomic E-state index is -5.27. The first kappa shape index (κ1) is 20.5. The number of hydrogen-bond acceptors (Lipinski definition) is 2. The molecule has 0 aromatic heterocycles. The molecule has 0 saturated heterocycles. The van der Waals surface area contributed by atoms with Gasteiger partial charge in [-0.3, -0.25) is 9.11 Å². The van der Waals surface area contributed by atoms with Crippen molar-refractivity contribution in [2.75, 3.05) is 0 Å². The number of rotatable bonds is 0. The first-order valence-electron chi connectivity index (χ1n) is 2.41. The number of hydrogen-bond donors (Lipinski definition) is 2. The predicted octanol–water partition coefficient (Wildman–Crippen LogP) is -1.33. The maximum atomic E-state index is 10.8. The summed E-state index contributed by atoms with van der Waals surface area (Å²) in [5, 5.41) is 0. The van der Waals surface area contributed by atoms with Gasteiger partial charge in [0.1, 0.15) is 0 Å². The molecule has 15 heavy (non-hydrogen) atoms. The largest absolute Gasteiger partial charge is 1.00 e. The van der Waals surface area contributed by atoms with E-state index in [1.54, 1.807) is 0 Å². The second-order valence-corrected chi connectivity index (χ2v) is 2.57. The minimum Gasteiger partial charge on any atom is -0.264 e.